The van der Waals surface area contributed by atoms with Crippen LogP contribution in [-0.4, -0.2) is 21.2 Å². The quantitative estimate of drug-likeness (QED) is 0.242. The second kappa shape index (κ2) is 7.61. The van der Waals surface area contributed by atoms with Crippen LogP contribution < -0.4 is 0 Å². The molecule has 8 heteroatoms. The number of hydrogen-bond donors (Lipinski definition) is 1. The summed E-state index contributed by atoms with van der Waals surface area (Å²) in [6.07, 6.45) is 1.36. The number of fused-ring (bicyclic) bond motifs is 1. The number of benzene rings is 3. The third-order valence-corrected chi connectivity index (χ3v) is 5.38. The minimum atomic E-state index is -0.653. The van der Waals surface area contributed by atoms with E-state index < -0.39 is 16.4 Å². The lowest BCUT2D eigenvalue weighted by Crippen LogP contribution is -1.99. The van der Waals surface area contributed by atoms with E-state index >= 15 is 0 Å². The monoisotopic (exact) mass is 421 g/mol. The smallest absolute Gasteiger partial charge is 0.315 e. The lowest BCUT2D eigenvalue weighted by molar-refractivity contribution is -0.386. The van der Waals surface area contributed by atoms with Crippen molar-refractivity contribution in [2.24, 2.45) is 4.99 Å². The molecule has 0 saturated carbocycles. The van der Waals surface area contributed by atoms with Gasteiger partial charge in [-0.25, -0.2) is 4.98 Å². The molecule has 4 rings (SSSR count). The molecule has 150 valence electrons. The van der Waals surface area contributed by atoms with Crippen molar-refractivity contribution in [3.63, 3.8) is 0 Å². The first-order valence-corrected chi connectivity index (χ1v) is 9.40. The Morgan fingerprint density at radius 2 is 1.90 bits per heavy atom. The fourth-order valence-electron chi connectivity index (χ4n) is 3.21. The van der Waals surface area contributed by atoms with Crippen LogP contribution >= 0.6 is 11.6 Å². The van der Waals surface area contributed by atoms with Crippen molar-refractivity contribution in [1.82, 2.24) is 4.98 Å². The zero-order valence-electron chi connectivity index (χ0n) is 16.1. The van der Waals surface area contributed by atoms with Crippen molar-refractivity contribution >= 4 is 40.3 Å². The summed E-state index contributed by atoms with van der Waals surface area (Å²) >= 11 is 6.23. The SMILES string of the molecule is Cc1c(Cl)c(C)c([N+](=O)[O-])c(O)c1C=Nc1ccc2oc(-c3ccccc3)nc2c1. The summed E-state index contributed by atoms with van der Waals surface area (Å²) in [5.41, 5.74) is 3.14. The summed E-state index contributed by atoms with van der Waals surface area (Å²) in [5, 5.41) is 22.0. The Balaban J connectivity index is 1.73. The van der Waals surface area contributed by atoms with E-state index in [1.807, 2.05) is 30.3 Å². The molecule has 3 aromatic carbocycles. The average molecular weight is 422 g/mol. The van der Waals surface area contributed by atoms with Gasteiger partial charge in [0, 0.05) is 22.9 Å². The van der Waals surface area contributed by atoms with Gasteiger partial charge in [-0.3, -0.25) is 15.1 Å². The van der Waals surface area contributed by atoms with Crippen LogP contribution in [0.4, 0.5) is 11.4 Å². The number of oxazole rings is 1. The first-order valence-electron chi connectivity index (χ1n) is 9.03. The van der Waals surface area contributed by atoms with Crippen molar-refractivity contribution in [2.45, 2.75) is 13.8 Å². The molecular formula is C22H16ClN3O4. The van der Waals surface area contributed by atoms with Gasteiger partial charge in [-0.2, -0.15) is 0 Å². The Labute approximate surface area is 176 Å². The Morgan fingerprint density at radius 3 is 2.60 bits per heavy atom. The van der Waals surface area contributed by atoms with Gasteiger partial charge in [0.15, 0.2) is 5.58 Å². The van der Waals surface area contributed by atoms with Gasteiger partial charge >= 0.3 is 5.69 Å². The van der Waals surface area contributed by atoms with E-state index in [1.54, 1.807) is 25.1 Å². The molecule has 0 saturated heterocycles. The van der Waals surface area contributed by atoms with Crippen LogP contribution in [0, 0.1) is 24.0 Å². The predicted octanol–water partition coefficient (Wildman–Crippen LogP) is 6.13. The molecule has 0 aliphatic carbocycles. The topological polar surface area (TPSA) is 102 Å². The summed E-state index contributed by atoms with van der Waals surface area (Å²) in [6.45, 7) is 3.17. The number of phenols is 1. The standard InChI is InChI=1S/C22H16ClN3O4/c1-12-16(21(27)20(26(28)29)13(2)19(12)23)11-24-15-8-9-18-17(10-15)25-22(30-18)14-6-4-3-5-7-14/h3-11,27H,1-2H3. The number of nitro groups is 1. The van der Waals surface area contributed by atoms with Gasteiger partial charge in [0.2, 0.25) is 11.6 Å². The average Bonchev–Trinajstić information content (AvgIpc) is 3.16. The highest BCUT2D eigenvalue weighted by atomic mass is 35.5. The molecule has 0 radical (unpaired) electrons. The molecule has 1 N–H and O–H groups in total. The molecule has 0 bridgehead atoms. The molecule has 7 nitrogen and oxygen atoms in total. The lowest BCUT2D eigenvalue weighted by Gasteiger charge is -2.10. The molecule has 0 spiro atoms. The minimum absolute atomic E-state index is 0.197. The zero-order valence-corrected chi connectivity index (χ0v) is 16.8. The fraction of sp³-hybridized carbons (Fsp3) is 0.0909. The van der Waals surface area contributed by atoms with Crippen LogP contribution in [0.5, 0.6) is 5.75 Å². The summed E-state index contributed by atoms with van der Waals surface area (Å²) < 4.78 is 5.79. The summed E-state index contributed by atoms with van der Waals surface area (Å²) in [4.78, 5) is 19.5. The molecule has 0 aliphatic heterocycles. The van der Waals surface area contributed by atoms with E-state index in [2.05, 4.69) is 9.98 Å². The number of halogens is 1. The van der Waals surface area contributed by atoms with Crippen molar-refractivity contribution < 1.29 is 14.4 Å². The molecule has 1 aromatic heterocycles. The summed E-state index contributed by atoms with van der Waals surface area (Å²) in [5.74, 6) is 0.0400. The van der Waals surface area contributed by atoms with Gasteiger partial charge < -0.3 is 9.52 Å². The Bertz CT molecular complexity index is 1310. The molecule has 0 fully saturated rings. The normalized spacial score (nSPS) is 11.4. The summed E-state index contributed by atoms with van der Waals surface area (Å²) in [7, 11) is 0. The van der Waals surface area contributed by atoms with Gasteiger partial charge in [-0.05, 0) is 49.7 Å². The van der Waals surface area contributed by atoms with E-state index in [0.717, 1.165) is 5.56 Å². The zero-order chi connectivity index (χ0) is 21.4. The van der Waals surface area contributed by atoms with Crippen molar-refractivity contribution in [3.05, 3.63) is 80.4 Å². The van der Waals surface area contributed by atoms with Crippen molar-refractivity contribution in [3.8, 4) is 17.2 Å². The molecule has 30 heavy (non-hydrogen) atoms. The van der Waals surface area contributed by atoms with Gasteiger partial charge in [-0.1, -0.05) is 29.8 Å². The second-order valence-corrected chi connectivity index (χ2v) is 7.11. The van der Waals surface area contributed by atoms with Crippen molar-refractivity contribution in [1.29, 1.82) is 0 Å². The van der Waals surface area contributed by atoms with E-state index in [-0.39, 0.29) is 16.1 Å². The maximum absolute atomic E-state index is 11.3. The number of nitro benzene ring substituents is 1. The maximum atomic E-state index is 11.3. The largest absolute Gasteiger partial charge is 0.502 e. The Hall–Kier alpha value is -3.71. The number of nitrogens with zero attached hydrogens (tertiary/aromatic N) is 3. The van der Waals surface area contributed by atoms with Crippen LogP contribution in [0.2, 0.25) is 5.02 Å². The first kappa shape index (κ1) is 19.6. The molecule has 0 amide bonds. The third-order valence-electron chi connectivity index (χ3n) is 4.81. The highest BCUT2D eigenvalue weighted by Crippen LogP contribution is 2.40. The van der Waals surface area contributed by atoms with Gasteiger partial charge in [0.05, 0.1) is 15.6 Å². The highest BCUT2D eigenvalue weighted by molar-refractivity contribution is 6.33. The molecule has 0 aliphatic rings. The predicted molar refractivity (Wildman–Crippen MR) is 116 cm³/mol. The maximum Gasteiger partial charge on any atom is 0.315 e. The number of rotatable bonds is 4. The van der Waals surface area contributed by atoms with E-state index in [9.17, 15) is 15.2 Å². The molecule has 0 atom stereocenters. The van der Waals surface area contributed by atoms with E-state index in [0.29, 0.717) is 28.2 Å². The molecule has 1 heterocycles. The first-order chi connectivity index (χ1) is 14.4. The van der Waals surface area contributed by atoms with Crippen molar-refractivity contribution in [2.75, 3.05) is 0 Å². The fourth-order valence-corrected chi connectivity index (χ4v) is 3.40. The molecule has 4 aromatic rings. The number of aromatic hydroxyl groups is 1. The molecular weight excluding hydrogens is 406 g/mol. The van der Waals surface area contributed by atoms with E-state index in [4.69, 9.17) is 16.0 Å². The Kier molecular flexibility index (Phi) is 4.97. The summed E-state index contributed by atoms with van der Waals surface area (Å²) in [6, 6.07) is 14.7. The highest BCUT2D eigenvalue weighted by Gasteiger charge is 2.25. The van der Waals surface area contributed by atoms with E-state index in [1.165, 1.54) is 13.1 Å². The minimum Gasteiger partial charge on any atom is -0.502 e. The number of hydrogen-bond acceptors (Lipinski definition) is 6. The van der Waals surface area contributed by atoms with Crippen LogP contribution in [0.3, 0.4) is 0 Å². The number of phenolic OH excluding ortho intramolecular Hbond substituents is 1. The van der Waals surface area contributed by atoms with Gasteiger partial charge in [0.25, 0.3) is 0 Å². The Morgan fingerprint density at radius 1 is 1.17 bits per heavy atom. The lowest BCUT2D eigenvalue weighted by atomic mass is 10.0. The van der Waals surface area contributed by atoms with Crippen LogP contribution in [-0.2, 0) is 0 Å². The van der Waals surface area contributed by atoms with Gasteiger partial charge in [0.1, 0.15) is 5.52 Å². The van der Waals surface area contributed by atoms with Crippen LogP contribution in [0.15, 0.2) is 57.9 Å². The van der Waals surface area contributed by atoms with Crippen LogP contribution in [0.1, 0.15) is 16.7 Å². The third kappa shape index (κ3) is 3.40. The van der Waals surface area contributed by atoms with Gasteiger partial charge in [-0.15, -0.1) is 0 Å². The van der Waals surface area contributed by atoms with Crippen LogP contribution in [0.25, 0.3) is 22.6 Å². The second-order valence-electron chi connectivity index (χ2n) is 6.73. The molecule has 0 unspecified atom stereocenters. The number of aliphatic imine (C=N–C) groups is 1. The number of aromatic nitrogens is 1.